The van der Waals surface area contributed by atoms with Gasteiger partial charge in [-0.1, -0.05) is 18.2 Å². The number of para-hydroxylation sites is 1. The third kappa shape index (κ3) is 4.04. The summed E-state index contributed by atoms with van der Waals surface area (Å²) in [5, 5.41) is 2.89. The van der Waals surface area contributed by atoms with Crippen LogP contribution in [0.3, 0.4) is 0 Å². The van der Waals surface area contributed by atoms with E-state index in [4.69, 9.17) is 10.5 Å². The summed E-state index contributed by atoms with van der Waals surface area (Å²) in [6, 6.07) is 7.83. The van der Waals surface area contributed by atoms with Crippen molar-refractivity contribution in [2.75, 3.05) is 13.7 Å². The van der Waals surface area contributed by atoms with E-state index in [1.807, 2.05) is 38.1 Å². The molecule has 1 amide bonds. The normalized spacial score (nSPS) is 12.3. The van der Waals surface area contributed by atoms with E-state index in [9.17, 15) is 4.79 Å². The average molecular weight is 250 g/mol. The van der Waals surface area contributed by atoms with Crippen molar-refractivity contribution in [1.29, 1.82) is 0 Å². The van der Waals surface area contributed by atoms with Crippen LogP contribution in [-0.4, -0.2) is 25.6 Å². The second kappa shape index (κ2) is 7.01. The molecule has 0 fully saturated rings. The molecule has 18 heavy (non-hydrogen) atoms. The molecule has 4 nitrogen and oxygen atoms in total. The van der Waals surface area contributed by atoms with Crippen LogP contribution >= 0.6 is 0 Å². The number of benzene rings is 1. The van der Waals surface area contributed by atoms with E-state index in [-0.39, 0.29) is 17.9 Å². The van der Waals surface area contributed by atoms with Gasteiger partial charge in [0.2, 0.25) is 5.91 Å². The van der Waals surface area contributed by atoms with Crippen LogP contribution in [0.2, 0.25) is 0 Å². The average Bonchev–Trinajstić information content (AvgIpc) is 2.35. The van der Waals surface area contributed by atoms with Crippen LogP contribution < -0.4 is 15.8 Å². The van der Waals surface area contributed by atoms with Crippen LogP contribution in [0.5, 0.6) is 5.75 Å². The van der Waals surface area contributed by atoms with Crippen LogP contribution in [0, 0.1) is 5.92 Å². The highest BCUT2D eigenvalue weighted by Gasteiger charge is 2.19. The highest BCUT2D eigenvalue weighted by Crippen LogP contribution is 2.20. The van der Waals surface area contributed by atoms with Crippen molar-refractivity contribution in [2.45, 2.75) is 26.3 Å². The summed E-state index contributed by atoms with van der Waals surface area (Å²) in [5.41, 5.74) is 6.70. The Morgan fingerprint density at radius 1 is 1.39 bits per heavy atom. The summed E-state index contributed by atoms with van der Waals surface area (Å²) in [5.74, 6) is 0.579. The lowest BCUT2D eigenvalue weighted by Crippen LogP contribution is -2.39. The Morgan fingerprint density at radius 2 is 2.06 bits per heavy atom. The number of hydrogen-bond acceptors (Lipinski definition) is 3. The van der Waals surface area contributed by atoms with E-state index in [0.717, 1.165) is 11.3 Å². The highest BCUT2D eigenvalue weighted by atomic mass is 16.5. The number of ether oxygens (including phenoxy) is 1. The van der Waals surface area contributed by atoms with Crippen LogP contribution in [-0.2, 0) is 11.2 Å². The van der Waals surface area contributed by atoms with Gasteiger partial charge in [-0.05, 0) is 31.9 Å². The first-order chi connectivity index (χ1) is 8.58. The molecule has 0 aliphatic heterocycles. The molecular formula is C14H22N2O2. The van der Waals surface area contributed by atoms with E-state index < -0.39 is 0 Å². The van der Waals surface area contributed by atoms with Gasteiger partial charge in [0.15, 0.2) is 0 Å². The van der Waals surface area contributed by atoms with Crippen LogP contribution in [0.1, 0.15) is 19.4 Å². The molecular weight excluding hydrogens is 228 g/mol. The third-order valence-electron chi connectivity index (χ3n) is 2.75. The molecule has 0 saturated carbocycles. The molecule has 0 aromatic heterocycles. The van der Waals surface area contributed by atoms with Gasteiger partial charge in [0, 0.05) is 12.6 Å². The number of rotatable bonds is 6. The minimum atomic E-state index is -0.219. The summed E-state index contributed by atoms with van der Waals surface area (Å²) >= 11 is 0. The Bertz CT molecular complexity index is 391. The van der Waals surface area contributed by atoms with Crippen LogP contribution in [0.4, 0.5) is 0 Å². The van der Waals surface area contributed by atoms with Gasteiger partial charge in [-0.15, -0.1) is 0 Å². The zero-order chi connectivity index (χ0) is 13.5. The summed E-state index contributed by atoms with van der Waals surface area (Å²) in [6.07, 6.45) is 0.596. The minimum Gasteiger partial charge on any atom is -0.496 e. The number of carbonyl (C=O) groups excluding carboxylic acids is 1. The van der Waals surface area contributed by atoms with Crippen molar-refractivity contribution in [3.63, 3.8) is 0 Å². The minimum absolute atomic E-state index is 0.00148. The van der Waals surface area contributed by atoms with Gasteiger partial charge in [-0.2, -0.15) is 0 Å². The van der Waals surface area contributed by atoms with Crippen molar-refractivity contribution in [1.82, 2.24) is 5.32 Å². The van der Waals surface area contributed by atoms with E-state index >= 15 is 0 Å². The molecule has 0 bridgehead atoms. The molecule has 1 unspecified atom stereocenters. The first kappa shape index (κ1) is 14.5. The Kier molecular flexibility index (Phi) is 5.65. The second-order valence-corrected chi connectivity index (χ2v) is 4.61. The first-order valence-corrected chi connectivity index (χ1v) is 6.20. The Hall–Kier alpha value is -1.55. The summed E-state index contributed by atoms with van der Waals surface area (Å²) in [4.78, 5) is 12.0. The van der Waals surface area contributed by atoms with E-state index in [0.29, 0.717) is 13.0 Å². The Labute approximate surface area is 109 Å². The summed E-state index contributed by atoms with van der Waals surface area (Å²) in [7, 11) is 1.63. The Morgan fingerprint density at radius 3 is 2.61 bits per heavy atom. The van der Waals surface area contributed by atoms with Gasteiger partial charge < -0.3 is 15.8 Å². The molecule has 1 rings (SSSR count). The molecule has 1 atom stereocenters. The monoisotopic (exact) mass is 250 g/mol. The molecule has 4 heteroatoms. The fourth-order valence-electron chi connectivity index (χ4n) is 1.82. The van der Waals surface area contributed by atoms with E-state index in [1.165, 1.54) is 0 Å². The smallest absolute Gasteiger partial charge is 0.224 e. The Balaban J connectivity index is 2.76. The predicted molar refractivity (Wildman–Crippen MR) is 72.5 cm³/mol. The van der Waals surface area contributed by atoms with Gasteiger partial charge in [0.1, 0.15) is 5.75 Å². The van der Waals surface area contributed by atoms with Crippen molar-refractivity contribution < 1.29 is 9.53 Å². The molecule has 1 aromatic carbocycles. The largest absolute Gasteiger partial charge is 0.496 e. The number of hydrogen-bond donors (Lipinski definition) is 2. The topological polar surface area (TPSA) is 64.3 Å². The molecule has 0 aliphatic rings. The molecule has 1 aromatic rings. The predicted octanol–water partition coefficient (Wildman–Crippen LogP) is 1.34. The number of carbonyl (C=O) groups is 1. The van der Waals surface area contributed by atoms with Crippen LogP contribution in [0.15, 0.2) is 24.3 Å². The van der Waals surface area contributed by atoms with Crippen molar-refractivity contribution >= 4 is 5.91 Å². The summed E-state index contributed by atoms with van der Waals surface area (Å²) in [6.45, 7) is 4.21. The third-order valence-corrected chi connectivity index (χ3v) is 2.75. The molecule has 0 aliphatic carbocycles. The van der Waals surface area contributed by atoms with Gasteiger partial charge in [0.25, 0.3) is 0 Å². The van der Waals surface area contributed by atoms with Crippen molar-refractivity contribution in [3.8, 4) is 5.75 Å². The first-order valence-electron chi connectivity index (χ1n) is 6.20. The number of nitrogens with two attached hydrogens (primary N) is 1. The number of amides is 1. The van der Waals surface area contributed by atoms with Crippen LogP contribution in [0.25, 0.3) is 0 Å². The van der Waals surface area contributed by atoms with Gasteiger partial charge >= 0.3 is 0 Å². The maximum Gasteiger partial charge on any atom is 0.224 e. The van der Waals surface area contributed by atoms with Gasteiger partial charge in [0.05, 0.1) is 13.0 Å². The maximum atomic E-state index is 12.0. The molecule has 0 saturated heterocycles. The van der Waals surface area contributed by atoms with Crippen molar-refractivity contribution in [2.24, 2.45) is 11.7 Å². The molecule has 0 spiro atoms. The standard InChI is InChI=1S/C14H22N2O2/c1-10(2)16-14(17)12(9-15)8-11-6-4-5-7-13(11)18-3/h4-7,10,12H,8-9,15H2,1-3H3,(H,16,17). The zero-order valence-corrected chi connectivity index (χ0v) is 11.3. The SMILES string of the molecule is COc1ccccc1CC(CN)C(=O)NC(C)C. The molecule has 3 N–H and O–H groups in total. The molecule has 0 radical (unpaired) electrons. The van der Waals surface area contributed by atoms with E-state index in [2.05, 4.69) is 5.32 Å². The maximum absolute atomic E-state index is 12.0. The van der Waals surface area contributed by atoms with Crippen molar-refractivity contribution in [3.05, 3.63) is 29.8 Å². The quantitative estimate of drug-likeness (QED) is 0.800. The van der Waals surface area contributed by atoms with Gasteiger partial charge in [-0.3, -0.25) is 4.79 Å². The lowest BCUT2D eigenvalue weighted by molar-refractivity contribution is -0.125. The lowest BCUT2D eigenvalue weighted by atomic mass is 9.97. The lowest BCUT2D eigenvalue weighted by Gasteiger charge is -2.18. The fraction of sp³-hybridized carbons (Fsp3) is 0.500. The zero-order valence-electron chi connectivity index (χ0n) is 11.3. The second-order valence-electron chi connectivity index (χ2n) is 4.61. The molecule has 0 heterocycles. The molecule has 100 valence electrons. The number of nitrogens with one attached hydrogen (secondary N) is 1. The summed E-state index contributed by atoms with van der Waals surface area (Å²) < 4.78 is 5.28. The highest BCUT2D eigenvalue weighted by molar-refractivity contribution is 5.79. The van der Waals surface area contributed by atoms with E-state index in [1.54, 1.807) is 7.11 Å². The number of methoxy groups -OCH3 is 1. The van der Waals surface area contributed by atoms with Gasteiger partial charge in [-0.25, -0.2) is 0 Å². The fourth-order valence-corrected chi connectivity index (χ4v) is 1.82.